The first-order valence-corrected chi connectivity index (χ1v) is 10.7. The summed E-state index contributed by atoms with van der Waals surface area (Å²) in [6.07, 6.45) is 2.04. The molecule has 0 aliphatic carbocycles. The number of nitrogens with zero attached hydrogens (tertiary/aromatic N) is 1. The number of unbranched alkanes of at least 4 members (excludes halogenated alkanes) is 1. The lowest BCUT2D eigenvalue weighted by atomic mass is 9.76. The highest BCUT2D eigenvalue weighted by Crippen LogP contribution is 2.50. The summed E-state index contributed by atoms with van der Waals surface area (Å²) in [6.45, 7) is 6.28. The number of amides is 4. The fourth-order valence-corrected chi connectivity index (χ4v) is 5.45. The minimum Gasteiger partial charge on any atom is -0.370 e. The first kappa shape index (κ1) is 20.5. The smallest absolute Gasteiger partial charge is 0.291 e. The van der Waals surface area contributed by atoms with E-state index in [1.165, 1.54) is 4.90 Å². The number of aryl methyl sites for hydroxylation is 1. The summed E-state index contributed by atoms with van der Waals surface area (Å²) in [5, 5.41) is 4.84. The molecule has 2 fully saturated rings. The quantitative estimate of drug-likeness (QED) is 0.570. The Labute approximate surface area is 175 Å². The van der Waals surface area contributed by atoms with E-state index < -0.39 is 23.3 Å². The van der Waals surface area contributed by atoms with E-state index >= 15 is 0 Å². The predicted molar refractivity (Wildman–Crippen MR) is 109 cm³/mol. The van der Waals surface area contributed by atoms with Crippen molar-refractivity contribution < 1.29 is 24.5 Å². The van der Waals surface area contributed by atoms with Gasteiger partial charge in [0, 0.05) is 24.9 Å². The van der Waals surface area contributed by atoms with E-state index in [-0.39, 0.29) is 30.2 Å². The molecule has 30 heavy (non-hydrogen) atoms. The molecule has 160 valence electrons. The number of carbonyl (C=O) groups excluding carboxylic acids is 4. The van der Waals surface area contributed by atoms with E-state index in [4.69, 9.17) is 5.73 Å². The first-order chi connectivity index (χ1) is 14.2. The molecule has 5 N–H and O–H groups in total. The highest BCUT2D eigenvalue weighted by molar-refractivity contribution is 6.14. The van der Waals surface area contributed by atoms with Gasteiger partial charge in [-0.05, 0) is 37.5 Å². The molecule has 3 aliphatic heterocycles. The Morgan fingerprint density at radius 3 is 2.63 bits per heavy atom. The average molecular weight is 413 g/mol. The summed E-state index contributed by atoms with van der Waals surface area (Å²) < 4.78 is 0. The van der Waals surface area contributed by atoms with Crippen LogP contribution in [0.25, 0.3) is 0 Å². The maximum Gasteiger partial charge on any atom is 0.291 e. The molecule has 1 aromatic rings. The van der Waals surface area contributed by atoms with E-state index in [0.717, 1.165) is 35.2 Å². The second-order valence-electron chi connectivity index (χ2n) is 8.77. The number of hydrogen-bond donors (Lipinski definition) is 3. The number of primary amides is 1. The van der Waals surface area contributed by atoms with Crippen LogP contribution in [0.15, 0.2) is 12.1 Å². The molecule has 0 unspecified atom stereocenters. The second-order valence-corrected chi connectivity index (χ2v) is 8.77. The van der Waals surface area contributed by atoms with Gasteiger partial charge in [-0.15, -0.1) is 0 Å². The standard InChI is InChI=1S/C22H28N4O4/c1-4-5-10-26-19(28)16-14(8-9-15(23)27)25-22(17(16)20(26)29)13-7-6-11(2)12(3)18(13)24-21(22)30/h6-7,14,16-17,25H,4-5,8-10H2,1-3H3,(H2,23,27)(H,24,30)/p+1/t14-,16+,17-,22-/m0/s1. The first-order valence-electron chi connectivity index (χ1n) is 10.7. The van der Waals surface area contributed by atoms with Crippen molar-refractivity contribution in [2.24, 2.45) is 17.6 Å². The van der Waals surface area contributed by atoms with E-state index in [1.54, 1.807) is 0 Å². The topological polar surface area (TPSA) is 126 Å². The van der Waals surface area contributed by atoms with Crippen molar-refractivity contribution >= 4 is 29.3 Å². The van der Waals surface area contributed by atoms with Gasteiger partial charge in [0.05, 0.1) is 5.69 Å². The normalized spacial score (nSPS) is 29.5. The Morgan fingerprint density at radius 2 is 1.97 bits per heavy atom. The highest BCUT2D eigenvalue weighted by atomic mass is 16.2. The lowest BCUT2D eigenvalue weighted by Crippen LogP contribution is -2.99. The average Bonchev–Trinajstić information content (AvgIpc) is 3.27. The zero-order valence-electron chi connectivity index (χ0n) is 17.7. The van der Waals surface area contributed by atoms with Gasteiger partial charge in [0.1, 0.15) is 17.9 Å². The Morgan fingerprint density at radius 1 is 1.23 bits per heavy atom. The van der Waals surface area contributed by atoms with Crippen LogP contribution in [0.5, 0.6) is 0 Å². The molecular formula is C22H29N4O4+. The summed E-state index contributed by atoms with van der Waals surface area (Å²) >= 11 is 0. The van der Waals surface area contributed by atoms with Crippen LogP contribution < -0.4 is 16.4 Å². The highest BCUT2D eigenvalue weighted by Gasteiger charge is 2.74. The summed E-state index contributed by atoms with van der Waals surface area (Å²) in [6, 6.07) is 3.49. The maximum atomic E-state index is 13.5. The Kier molecular flexibility index (Phi) is 4.92. The van der Waals surface area contributed by atoms with Gasteiger partial charge < -0.3 is 16.4 Å². The molecule has 4 amide bonds. The Balaban J connectivity index is 1.83. The van der Waals surface area contributed by atoms with Crippen LogP contribution in [0.1, 0.15) is 49.3 Å². The van der Waals surface area contributed by atoms with Crippen LogP contribution in [-0.4, -0.2) is 41.1 Å². The molecule has 8 heteroatoms. The van der Waals surface area contributed by atoms with E-state index in [0.29, 0.717) is 13.0 Å². The van der Waals surface area contributed by atoms with E-state index in [1.807, 2.05) is 38.2 Å². The third-order valence-corrected chi connectivity index (χ3v) is 7.13. The van der Waals surface area contributed by atoms with Gasteiger partial charge in [-0.2, -0.15) is 0 Å². The minimum absolute atomic E-state index is 0.109. The summed E-state index contributed by atoms with van der Waals surface area (Å²) in [7, 11) is 0. The lowest BCUT2D eigenvalue weighted by Gasteiger charge is -2.26. The number of likely N-dealkylation sites (tertiary alicyclic amines) is 1. The monoisotopic (exact) mass is 413 g/mol. The molecule has 2 saturated heterocycles. The molecule has 3 heterocycles. The fraction of sp³-hybridized carbons (Fsp3) is 0.545. The van der Waals surface area contributed by atoms with Gasteiger partial charge in [-0.1, -0.05) is 19.4 Å². The third-order valence-electron chi connectivity index (χ3n) is 7.13. The lowest BCUT2D eigenvalue weighted by molar-refractivity contribution is -0.734. The van der Waals surface area contributed by atoms with Gasteiger partial charge in [0.2, 0.25) is 23.3 Å². The van der Waals surface area contributed by atoms with Crippen LogP contribution in [0, 0.1) is 25.7 Å². The van der Waals surface area contributed by atoms with Crippen LogP contribution >= 0.6 is 0 Å². The van der Waals surface area contributed by atoms with Gasteiger partial charge in [0.25, 0.3) is 5.91 Å². The molecular weight excluding hydrogens is 384 g/mol. The number of quaternary nitrogens is 1. The van der Waals surface area contributed by atoms with Gasteiger partial charge in [0.15, 0.2) is 0 Å². The number of anilines is 1. The zero-order valence-corrected chi connectivity index (χ0v) is 17.7. The number of benzene rings is 1. The second kappa shape index (κ2) is 7.19. The fourth-order valence-electron chi connectivity index (χ4n) is 5.45. The molecule has 1 aromatic carbocycles. The molecule has 4 atom stereocenters. The van der Waals surface area contributed by atoms with E-state index in [2.05, 4.69) is 5.32 Å². The number of carbonyl (C=O) groups is 4. The SMILES string of the molecule is CCCCN1C(=O)[C@@H]2[C@H](CCC(N)=O)[NH2+][C@]3(C(=O)Nc4c3ccc(C)c4C)[C@@H]2C1=O. The minimum atomic E-state index is -1.19. The molecule has 0 bridgehead atoms. The van der Waals surface area contributed by atoms with Crippen molar-refractivity contribution in [1.82, 2.24) is 4.90 Å². The molecule has 8 nitrogen and oxygen atoms in total. The van der Waals surface area contributed by atoms with Crippen molar-refractivity contribution in [2.45, 2.75) is 58.0 Å². The summed E-state index contributed by atoms with van der Waals surface area (Å²) in [5.74, 6) is -2.64. The Bertz CT molecular complexity index is 959. The summed E-state index contributed by atoms with van der Waals surface area (Å²) in [5.41, 5.74) is 7.66. The van der Waals surface area contributed by atoms with Crippen molar-refractivity contribution in [1.29, 1.82) is 0 Å². The summed E-state index contributed by atoms with van der Waals surface area (Å²) in [4.78, 5) is 52.9. The molecule has 0 saturated carbocycles. The number of imide groups is 1. The van der Waals surface area contributed by atoms with E-state index in [9.17, 15) is 19.2 Å². The van der Waals surface area contributed by atoms with Crippen LogP contribution in [0.4, 0.5) is 5.69 Å². The third kappa shape index (κ3) is 2.70. The molecule has 1 spiro atoms. The van der Waals surface area contributed by atoms with Gasteiger partial charge in [-0.25, -0.2) is 0 Å². The van der Waals surface area contributed by atoms with Crippen LogP contribution in [-0.2, 0) is 24.7 Å². The predicted octanol–water partition coefficient (Wildman–Crippen LogP) is 0.0632. The molecule has 4 rings (SSSR count). The van der Waals surface area contributed by atoms with Crippen molar-refractivity contribution in [2.75, 3.05) is 11.9 Å². The van der Waals surface area contributed by atoms with Crippen LogP contribution in [0.2, 0.25) is 0 Å². The number of hydrogen-bond acceptors (Lipinski definition) is 4. The zero-order chi connectivity index (χ0) is 21.8. The van der Waals surface area contributed by atoms with Gasteiger partial charge >= 0.3 is 0 Å². The molecule has 0 aromatic heterocycles. The van der Waals surface area contributed by atoms with Gasteiger partial charge in [-0.3, -0.25) is 24.1 Å². The van der Waals surface area contributed by atoms with Crippen molar-refractivity contribution in [3.05, 3.63) is 28.8 Å². The number of nitrogens with one attached hydrogen (secondary N) is 1. The Hall–Kier alpha value is -2.74. The number of fused-ring (bicyclic) bond motifs is 4. The number of rotatable bonds is 6. The largest absolute Gasteiger partial charge is 0.370 e. The maximum absolute atomic E-state index is 13.5. The number of nitrogens with two attached hydrogens (primary N) is 2. The molecule has 3 aliphatic rings. The molecule has 0 radical (unpaired) electrons. The van der Waals surface area contributed by atoms with Crippen molar-refractivity contribution in [3.8, 4) is 0 Å². The van der Waals surface area contributed by atoms with Crippen LogP contribution in [0.3, 0.4) is 0 Å². The van der Waals surface area contributed by atoms with Crippen molar-refractivity contribution in [3.63, 3.8) is 0 Å².